The van der Waals surface area contributed by atoms with Crippen molar-refractivity contribution in [2.24, 2.45) is 0 Å². The summed E-state index contributed by atoms with van der Waals surface area (Å²) < 4.78 is 10.2. The van der Waals surface area contributed by atoms with Gasteiger partial charge in [0.05, 0.1) is 17.7 Å². The molecule has 2 aromatic rings. The van der Waals surface area contributed by atoms with E-state index < -0.39 is 22.9 Å². The number of methoxy groups -OCH3 is 1. The average molecular weight is 405 g/mol. The van der Waals surface area contributed by atoms with Crippen molar-refractivity contribution in [2.45, 2.75) is 13.0 Å². The van der Waals surface area contributed by atoms with Gasteiger partial charge >= 0.3 is 5.97 Å². The number of non-ortho nitro benzene ring substituents is 1. The summed E-state index contributed by atoms with van der Waals surface area (Å²) in [5.41, 5.74) is 0.695. The van der Waals surface area contributed by atoms with Gasteiger partial charge < -0.3 is 14.8 Å². The van der Waals surface area contributed by atoms with Gasteiger partial charge in [-0.1, -0.05) is 23.7 Å². The van der Waals surface area contributed by atoms with E-state index in [1.807, 2.05) is 0 Å². The maximum atomic E-state index is 12.2. The van der Waals surface area contributed by atoms with Crippen LogP contribution in [0, 0.1) is 10.1 Å². The Morgan fingerprint density at radius 3 is 2.68 bits per heavy atom. The minimum absolute atomic E-state index is 0.0984. The molecule has 28 heavy (non-hydrogen) atoms. The zero-order valence-electron chi connectivity index (χ0n) is 15.0. The zero-order valence-corrected chi connectivity index (χ0v) is 15.8. The Kier molecular flexibility index (Phi) is 7.11. The van der Waals surface area contributed by atoms with E-state index in [0.717, 1.165) is 6.08 Å². The quantitative estimate of drug-likeness (QED) is 0.325. The Hall–Kier alpha value is -3.39. The van der Waals surface area contributed by atoms with Gasteiger partial charge in [0.2, 0.25) is 0 Å². The summed E-state index contributed by atoms with van der Waals surface area (Å²) >= 11 is 5.91. The van der Waals surface area contributed by atoms with E-state index in [4.69, 9.17) is 21.1 Å². The Labute approximate surface area is 165 Å². The highest BCUT2D eigenvalue weighted by Crippen LogP contribution is 2.27. The van der Waals surface area contributed by atoms with Crippen LogP contribution < -0.4 is 10.1 Å². The molecule has 0 bridgehead atoms. The maximum Gasteiger partial charge on any atom is 0.331 e. The number of nitro groups is 1. The fourth-order valence-corrected chi connectivity index (χ4v) is 2.36. The first kappa shape index (κ1) is 20.9. The van der Waals surface area contributed by atoms with Crippen LogP contribution in [0.1, 0.15) is 12.5 Å². The van der Waals surface area contributed by atoms with Gasteiger partial charge in [-0.15, -0.1) is 0 Å². The summed E-state index contributed by atoms with van der Waals surface area (Å²) in [7, 11) is 1.45. The third-order valence-electron chi connectivity index (χ3n) is 3.57. The van der Waals surface area contributed by atoms with Crippen molar-refractivity contribution in [3.8, 4) is 5.75 Å². The van der Waals surface area contributed by atoms with Crippen LogP contribution in [0.15, 0.2) is 48.5 Å². The van der Waals surface area contributed by atoms with E-state index in [2.05, 4.69) is 5.32 Å². The number of esters is 1. The molecule has 0 spiro atoms. The van der Waals surface area contributed by atoms with Gasteiger partial charge in [0, 0.05) is 23.2 Å². The van der Waals surface area contributed by atoms with Crippen molar-refractivity contribution in [1.82, 2.24) is 0 Å². The number of ether oxygens (including phenoxy) is 2. The van der Waals surface area contributed by atoms with Crippen molar-refractivity contribution < 1.29 is 24.0 Å². The second kappa shape index (κ2) is 9.52. The number of carbonyl (C=O) groups is 2. The topological polar surface area (TPSA) is 108 Å². The average Bonchev–Trinajstić information content (AvgIpc) is 2.66. The molecule has 2 aromatic carbocycles. The summed E-state index contributed by atoms with van der Waals surface area (Å²) in [6.07, 6.45) is 1.36. The van der Waals surface area contributed by atoms with Gasteiger partial charge in [0.25, 0.3) is 11.6 Å². The van der Waals surface area contributed by atoms with Gasteiger partial charge in [-0.2, -0.15) is 0 Å². The number of carbonyl (C=O) groups excluding carboxylic acids is 2. The van der Waals surface area contributed by atoms with Gasteiger partial charge in [-0.3, -0.25) is 14.9 Å². The monoisotopic (exact) mass is 404 g/mol. The normalized spacial score (nSPS) is 11.7. The molecule has 1 atom stereocenters. The molecule has 1 N–H and O–H groups in total. The number of nitro benzene ring substituents is 1. The molecule has 2 rings (SSSR count). The SMILES string of the molecule is COc1ccc(Cl)cc1NC(=O)[C@@H](C)OC(=O)/C=C/c1cccc([N+](=O)[O-])c1. The summed E-state index contributed by atoms with van der Waals surface area (Å²) in [5.74, 6) is -0.938. The highest BCUT2D eigenvalue weighted by atomic mass is 35.5. The smallest absolute Gasteiger partial charge is 0.331 e. The molecule has 0 saturated heterocycles. The molecule has 0 aliphatic heterocycles. The Morgan fingerprint density at radius 2 is 2.00 bits per heavy atom. The van der Waals surface area contributed by atoms with Crippen LogP contribution in [-0.4, -0.2) is 30.0 Å². The first-order chi connectivity index (χ1) is 13.3. The fourth-order valence-electron chi connectivity index (χ4n) is 2.19. The largest absolute Gasteiger partial charge is 0.495 e. The molecular weight excluding hydrogens is 388 g/mol. The molecule has 0 heterocycles. The highest BCUT2D eigenvalue weighted by molar-refractivity contribution is 6.31. The predicted molar refractivity (Wildman–Crippen MR) is 104 cm³/mol. The Morgan fingerprint density at radius 1 is 1.25 bits per heavy atom. The minimum Gasteiger partial charge on any atom is -0.495 e. The molecule has 146 valence electrons. The van der Waals surface area contributed by atoms with E-state index in [-0.39, 0.29) is 5.69 Å². The van der Waals surface area contributed by atoms with Crippen molar-refractivity contribution in [1.29, 1.82) is 0 Å². The van der Waals surface area contributed by atoms with E-state index in [9.17, 15) is 19.7 Å². The molecule has 0 aliphatic rings. The summed E-state index contributed by atoms with van der Waals surface area (Å²) in [6.45, 7) is 1.41. The lowest BCUT2D eigenvalue weighted by molar-refractivity contribution is -0.384. The molecule has 0 saturated carbocycles. The van der Waals surface area contributed by atoms with Crippen LogP contribution >= 0.6 is 11.6 Å². The van der Waals surface area contributed by atoms with Crippen LogP contribution in [-0.2, 0) is 14.3 Å². The molecule has 0 aliphatic carbocycles. The minimum atomic E-state index is -1.09. The van der Waals surface area contributed by atoms with Gasteiger partial charge in [-0.05, 0) is 36.8 Å². The first-order valence-electron chi connectivity index (χ1n) is 8.07. The lowest BCUT2D eigenvalue weighted by atomic mass is 10.2. The number of nitrogens with one attached hydrogen (secondary N) is 1. The highest BCUT2D eigenvalue weighted by Gasteiger charge is 2.18. The molecule has 0 aromatic heterocycles. The number of hydrogen-bond donors (Lipinski definition) is 1. The summed E-state index contributed by atoms with van der Waals surface area (Å²) in [4.78, 5) is 34.4. The van der Waals surface area contributed by atoms with Crippen LogP contribution in [0.3, 0.4) is 0 Å². The second-order valence-electron chi connectivity index (χ2n) is 5.60. The van der Waals surface area contributed by atoms with Crippen LogP contribution in [0.2, 0.25) is 5.02 Å². The standard InChI is InChI=1S/C19H17ClN2O6/c1-12(19(24)21-16-11-14(20)7-8-17(16)27-2)28-18(23)9-6-13-4-3-5-15(10-13)22(25)26/h3-12H,1-2H3,(H,21,24)/b9-6+/t12-/m1/s1. The number of amides is 1. The molecule has 0 radical (unpaired) electrons. The van der Waals surface area contributed by atoms with Crippen LogP contribution in [0.5, 0.6) is 5.75 Å². The van der Waals surface area contributed by atoms with Gasteiger partial charge in [-0.25, -0.2) is 4.79 Å². The number of benzene rings is 2. The molecule has 1 amide bonds. The van der Waals surface area contributed by atoms with Gasteiger partial charge in [0.1, 0.15) is 5.75 Å². The first-order valence-corrected chi connectivity index (χ1v) is 8.45. The lowest BCUT2D eigenvalue weighted by Crippen LogP contribution is -2.29. The molecular formula is C19H17ClN2O6. The van der Waals surface area contributed by atoms with E-state index in [1.165, 1.54) is 44.4 Å². The number of halogens is 1. The molecule has 9 heteroatoms. The van der Waals surface area contributed by atoms with Crippen molar-refractivity contribution in [3.05, 3.63) is 69.2 Å². The zero-order chi connectivity index (χ0) is 20.7. The predicted octanol–water partition coefficient (Wildman–Crippen LogP) is 3.84. The summed E-state index contributed by atoms with van der Waals surface area (Å²) in [5, 5.41) is 13.7. The number of nitrogens with zero attached hydrogens (tertiary/aromatic N) is 1. The fraction of sp³-hybridized carbons (Fsp3) is 0.158. The summed E-state index contributed by atoms with van der Waals surface area (Å²) in [6, 6.07) is 10.5. The number of rotatable bonds is 7. The van der Waals surface area contributed by atoms with Crippen LogP contribution in [0.25, 0.3) is 6.08 Å². The second-order valence-corrected chi connectivity index (χ2v) is 6.03. The Bertz CT molecular complexity index is 928. The van der Waals surface area contributed by atoms with E-state index in [1.54, 1.807) is 18.2 Å². The molecule has 8 nitrogen and oxygen atoms in total. The van der Waals surface area contributed by atoms with Crippen LogP contribution in [0.4, 0.5) is 11.4 Å². The van der Waals surface area contributed by atoms with Crippen molar-refractivity contribution in [3.63, 3.8) is 0 Å². The number of hydrogen-bond acceptors (Lipinski definition) is 6. The Balaban J connectivity index is 1.98. The lowest BCUT2D eigenvalue weighted by Gasteiger charge is -2.14. The number of anilines is 1. The molecule has 0 fully saturated rings. The van der Waals surface area contributed by atoms with Gasteiger partial charge in [0.15, 0.2) is 6.10 Å². The maximum absolute atomic E-state index is 12.2. The van der Waals surface area contributed by atoms with E-state index in [0.29, 0.717) is 22.0 Å². The third-order valence-corrected chi connectivity index (χ3v) is 3.81. The molecule has 0 unspecified atom stereocenters. The third kappa shape index (κ3) is 5.82. The van der Waals surface area contributed by atoms with E-state index >= 15 is 0 Å². The van der Waals surface area contributed by atoms with Crippen molar-refractivity contribution in [2.75, 3.05) is 12.4 Å². The van der Waals surface area contributed by atoms with Crippen molar-refractivity contribution >= 4 is 40.9 Å².